The van der Waals surface area contributed by atoms with Gasteiger partial charge >= 0.3 is 0 Å². The van der Waals surface area contributed by atoms with Gasteiger partial charge < -0.3 is 10.1 Å². The monoisotopic (exact) mass is 298 g/mol. The summed E-state index contributed by atoms with van der Waals surface area (Å²) in [6.07, 6.45) is -2.41. The molecule has 1 aliphatic rings. The summed E-state index contributed by atoms with van der Waals surface area (Å²) in [5.74, 6) is 0. The van der Waals surface area contributed by atoms with Crippen LogP contribution in [0, 0.1) is 0 Å². The topological polar surface area (TPSA) is 24.5 Å². The highest BCUT2D eigenvalue weighted by Gasteiger charge is 2.27. The highest BCUT2D eigenvalue weighted by atomic mass is 19.3. The molecule has 1 fully saturated rings. The number of rotatable bonds is 6. The van der Waals surface area contributed by atoms with Gasteiger partial charge in [-0.05, 0) is 25.5 Å². The number of hydrogen-bond acceptors (Lipinski definition) is 3. The van der Waals surface area contributed by atoms with Gasteiger partial charge in [0.05, 0.1) is 13.2 Å². The van der Waals surface area contributed by atoms with E-state index in [0.29, 0.717) is 6.54 Å². The van der Waals surface area contributed by atoms with Crippen LogP contribution >= 0.6 is 0 Å². The van der Waals surface area contributed by atoms with E-state index in [1.807, 2.05) is 6.07 Å². The molecule has 1 aromatic rings. The zero-order valence-electron chi connectivity index (χ0n) is 12.7. The van der Waals surface area contributed by atoms with Crippen molar-refractivity contribution in [3.05, 3.63) is 35.4 Å². The molecule has 0 bridgehead atoms. The fraction of sp³-hybridized carbons (Fsp3) is 0.625. The first-order chi connectivity index (χ1) is 9.99. The summed E-state index contributed by atoms with van der Waals surface area (Å²) < 4.78 is 30.7. The minimum atomic E-state index is -2.41. The van der Waals surface area contributed by atoms with Gasteiger partial charge in [-0.1, -0.05) is 18.2 Å². The molecule has 118 valence electrons. The fourth-order valence-electron chi connectivity index (χ4n) is 2.63. The molecule has 0 aliphatic carbocycles. The predicted octanol–water partition coefficient (Wildman–Crippen LogP) is 2.82. The molecule has 0 spiro atoms. The van der Waals surface area contributed by atoms with Crippen molar-refractivity contribution in [3.8, 4) is 0 Å². The van der Waals surface area contributed by atoms with Crippen molar-refractivity contribution in [1.82, 2.24) is 10.2 Å². The number of alkyl halides is 2. The van der Waals surface area contributed by atoms with Gasteiger partial charge in [0.2, 0.25) is 0 Å². The van der Waals surface area contributed by atoms with Crippen LogP contribution in [0.4, 0.5) is 8.78 Å². The van der Waals surface area contributed by atoms with Crippen LogP contribution in [0.15, 0.2) is 24.3 Å². The molecule has 0 radical (unpaired) electrons. The summed E-state index contributed by atoms with van der Waals surface area (Å²) in [7, 11) is 0. The Labute approximate surface area is 125 Å². The Morgan fingerprint density at radius 3 is 2.67 bits per heavy atom. The zero-order valence-corrected chi connectivity index (χ0v) is 12.7. The van der Waals surface area contributed by atoms with Gasteiger partial charge in [-0.3, -0.25) is 4.90 Å². The quantitative estimate of drug-likeness (QED) is 0.874. The van der Waals surface area contributed by atoms with E-state index in [-0.39, 0.29) is 11.1 Å². The molecule has 0 saturated carbocycles. The molecule has 1 heterocycles. The smallest absolute Gasteiger partial charge is 0.263 e. The van der Waals surface area contributed by atoms with Gasteiger partial charge in [-0.2, -0.15) is 0 Å². The number of benzene rings is 1. The minimum absolute atomic E-state index is 0.0319. The molecule has 2 rings (SSSR count). The van der Waals surface area contributed by atoms with E-state index in [2.05, 4.69) is 24.1 Å². The lowest BCUT2D eigenvalue weighted by atomic mass is 10.0. The van der Waals surface area contributed by atoms with Crippen molar-refractivity contribution in [2.24, 2.45) is 0 Å². The maximum absolute atomic E-state index is 12.7. The highest BCUT2D eigenvalue weighted by molar-refractivity contribution is 5.24. The zero-order chi connectivity index (χ0) is 15.3. The molecule has 0 amide bonds. The van der Waals surface area contributed by atoms with Crippen molar-refractivity contribution in [2.75, 3.05) is 32.8 Å². The molecular formula is C16H24F2N2O. The minimum Gasteiger partial charge on any atom is -0.379 e. The van der Waals surface area contributed by atoms with Crippen molar-refractivity contribution < 1.29 is 13.5 Å². The van der Waals surface area contributed by atoms with E-state index >= 15 is 0 Å². The van der Waals surface area contributed by atoms with Crippen molar-refractivity contribution in [3.63, 3.8) is 0 Å². The Hall–Kier alpha value is -1.04. The molecule has 0 atom stereocenters. The first kappa shape index (κ1) is 16.3. The van der Waals surface area contributed by atoms with Crippen molar-refractivity contribution >= 4 is 0 Å². The van der Waals surface area contributed by atoms with E-state index in [0.717, 1.165) is 38.4 Å². The molecule has 5 heteroatoms. The second-order valence-electron chi connectivity index (χ2n) is 6.06. The molecule has 1 aliphatic heterocycles. The van der Waals surface area contributed by atoms with Gasteiger partial charge in [-0.15, -0.1) is 0 Å². The third-order valence-electron chi connectivity index (χ3n) is 3.96. The molecule has 21 heavy (non-hydrogen) atoms. The van der Waals surface area contributed by atoms with Crippen LogP contribution < -0.4 is 5.32 Å². The van der Waals surface area contributed by atoms with Crippen LogP contribution in [-0.2, 0) is 11.3 Å². The van der Waals surface area contributed by atoms with Gasteiger partial charge in [0.25, 0.3) is 6.43 Å². The van der Waals surface area contributed by atoms with Crippen molar-refractivity contribution in [2.45, 2.75) is 32.4 Å². The third-order valence-corrected chi connectivity index (χ3v) is 3.96. The van der Waals surface area contributed by atoms with E-state index in [9.17, 15) is 8.78 Å². The van der Waals surface area contributed by atoms with Crippen LogP contribution in [0.25, 0.3) is 0 Å². The number of halogens is 2. The Morgan fingerprint density at radius 2 is 2.00 bits per heavy atom. The molecule has 1 saturated heterocycles. The maximum atomic E-state index is 12.7. The number of nitrogens with zero attached hydrogens (tertiary/aromatic N) is 1. The van der Waals surface area contributed by atoms with Gasteiger partial charge in [0.1, 0.15) is 0 Å². The molecule has 3 nitrogen and oxygen atoms in total. The summed E-state index contributed by atoms with van der Waals surface area (Å²) >= 11 is 0. The van der Waals surface area contributed by atoms with E-state index < -0.39 is 6.43 Å². The van der Waals surface area contributed by atoms with Gasteiger partial charge in [-0.25, -0.2) is 8.78 Å². The van der Waals surface area contributed by atoms with E-state index in [4.69, 9.17) is 4.74 Å². The van der Waals surface area contributed by atoms with Crippen LogP contribution in [0.1, 0.15) is 31.4 Å². The average Bonchev–Trinajstić information content (AvgIpc) is 2.48. The molecular weight excluding hydrogens is 274 g/mol. The average molecular weight is 298 g/mol. The number of ether oxygens (including phenoxy) is 1. The first-order valence-electron chi connectivity index (χ1n) is 7.39. The second-order valence-corrected chi connectivity index (χ2v) is 6.06. The Bertz CT molecular complexity index is 446. The normalized spacial score (nSPS) is 17.4. The molecule has 0 unspecified atom stereocenters. The van der Waals surface area contributed by atoms with Crippen LogP contribution in [0.2, 0.25) is 0 Å². The van der Waals surface area contributed by atoms with Crippen molar-refractivity contribution in [1.29, 1.82) is 0 Å². The number of hydrogen-bond donors (Lipinski definition) is 1. The third kappa shape index (κ3) is 4.73. The first-order valence-corrected chi connectivity index (χ1v) is 7.39. The van der Waals surface area contributed by atoms with E-state index in [1.165, 1.54) is 6.07 Å². The maximum Gasteiger partial charge on any atom is 0.263 e. The highest BCUT2D eigenvalue weighted by Crippen LogP contribution is 2.20. The van der Waals surface area contributed by atoms with Gasteiger partial charge in [0, 0.05) is 37.3 Å². The second kappa shape index (κ2) is 7.29. The van der Waals surface area contributed by atoms with Gasteiger partial charge in [0.15, 0.2) is 0 Å². The summed E-state index contributed by atoms with van der Waals surface area (Å²) in [4.78, 5) is 2.40. The van der Waals surface area contributed by atoms with Crippen LogP contribution in [-0.4, -0.2) is 43.3 Å². The van der Waals surface area contributed by atoms with Crippen LogP contribution in [0.5, 0.6) is 0 Å². The number of morpholine rings is 1. The Kier molecular flexibility index (Phi) is 5.67. The Balaban J connectivity index is 1.84. The Morgan fingerprint density at radius 1 is 1.29 bits per heavy atom. The molecule has 1 aromatic carbocycles. The summed E-state index contributed by atoms with van der Waals surface area (Å²) in [6.45, 7) is 9.24. The summed E-state index contributed by atoms with van der Waals surface area (Å²) in [5.41, 5.74) is 1.01. The summed E-state index contributed by atoms with van der Waals surface area (Å²) in [6, 6.07) is 6.59. The standard InChI is InChI=1S/C16H24F2N2O/c1-16(2,20-6-8-21-9-7-20)12-19-11-13-4-3-5-14(10-13)15(17)18/h3-5,10,15,19H,6-9,11-12H2,1-2H3. The lowest BCUT2D eigenvalue weighted by Gasteiger charge is -2.41. The summed E-state index contributed by atoms with van der Waals surface area (Å²) in [5, 5.41) is 3.38. The van der Waals surface area contributed by atoms with E-state index in [1.54, 1.807) is 12.1 Å². The lowest BCUT2D eigenvalue weighted by molar-refractivity contribution is -0.00967. The largest absolute Gasteiger partial charge is 0.379 e. The lowest BCUT2D eigenvalue weighted by Crippen LogP contribution is -2.54. The van der Waals surface area contributed by atoms with Crippen LogP contribution in [0.3, 0.4) is 0 Å². The predicted molar refractivity (Wildman–Crippen MR) is 79.6 cm³/mol. The SMILES string of the molecule is CC(C)(CNCc1cccc(C(F)F)c1)N1CCOCC1. The molecule has 1 N–H and O–H groups in total. The molecule has 0 aromatic heterocycles. The fourth-order valence-corrected chi connectivity index (χ4v) is 2.63. The number of nitrogens with one attached hydrogen (secondary N) is 1.